The summed E-state index contributed by atoms with van der Waals surface area (Å²) in [5.41, 5.74) is 5.82. The molecule has 0 spiro atoms. The molecule has 0 radical (unpaired) electrons. The Morgan fingerprint density at radius 3 is 3.00 bits per heavy atom. The lowest BCUT2D eigenvalue weighted by Crippen LogP contribution is -1.98. The average molecular weight is 217 g/mol. The van der Waals surface area contributed by atoms with Gasteiger partial charge in [0.2, 0.25) is 0 Å². The Morgan fingerprint density at radius 1 is 1.50 bits per heavy atom. The molecule has 2 rings (SSSR count). The molecule has 0 atom stereocenters. The largest absolute Gasteiger partial charge is 0.278 e. The zero-order valence-corrected chi connectivity index (χ0v) is 9.73. The Hall–Kier alpha value is -1.91. The number of hydrazone groups is 1. The summed E-state index contributed by atoms with van der Waals surface area (Å²) in [5.74, 6) is 0. The lowest BCUT2D eigenvalue weighted by atomic mass is 10.3. The predicted molar refractivity (Wildman–Crippen MR) is 65.6 cm³/mol. The zero-order valence-electron chi connectivity index (χ0n) is 9.73. The minimum atomic E-state index is 0.816. The summed E-state index contributed by atoms with van der Waals surface area (Å²) in [5, 5.41) is 9.44. The van der Waals surface area contributed by atoms with Gasteiger partial charge in [0.05, 0.1) is 17.3 Å². The Morgan fingerprint density at radius 2 is 2.31 bits per heavy atom. The maximum Gasteiger partial charge on any atom is 0.159 e. The van der Waals surface area contributed by atoms with Crippen LogP contribution < -0.4 is 5.43 Å². The molecular weight excluding hydrogens is 202 g/mol. The summed E-state index contributed by atoms with van der Waals surface area (Å²) < 4.78 is 1.86. The van der Waals surface area contributed by atoms with Crippen LogP contribution in [0.3, 0.4) is 0 Å². The van der Waals surface area contributed by atoms with Crippen molar-refractivity contribution in [3.05, 3.63) is 18.5 Å². The molecule has 0 aromatic carbocycles. The van der Waals surface area contributed by atoms with Crippen LogP contribution in [0.5, 0.6) is 0 Å². The van der Waals surface area contributed by atoms with Crippen molar-refractivity contribution in [2.45, 2.75) is 27.3 Å². The first-order valence-corrected chi connectivity index (χ1v) is 5.29. The van der Waals surface area contributed by atoms with E-state index in [9.17, 15) is 0 Å². The van der Waals surface area contributed by atoms with Crippen LogP contribution >= 0.6 is 0 Å². The molecule has 2 heterocycles. The monoisotopic (exact) mass is 217 g/mol. The fourth-order valence-corrected chi connectivity index (χ4v) is 1.48. The number of nitrogens with zero attached hydrogens (tertiary/aromatic N) is 4. The van der Waals surface area contributed by atoms with E-state index in [1.165, 1.54) is 0 Å². The summed E-state index contributed by atoms with van der Waals surface area (Å²) in [6.07, 6.45) is 3.58. The predicted octanol–water partition coefficient (Wildman–Crippen LogP) is 2.26. The SMILES string of the molecule is CCn1ncc2c(NN=C(C)C)ccnc21. The second kappa shape index (κ2) is 4.30. The van der Waals surface area contributed by atoms with Crippen molar-refractivity contribution in [2.75, 3.05) is 5.43 Å². The average Bonchev–Trinajstić information content (AvgIpc) is 2.69. The third-order valence-corrected chi connectivity index (χ3v) is 2.24. The van der Waals surface area contributed by atoms with Crippen molar-refractivity contribution in [3.8, 4) is 0 Å². The molecule has 0 aliphatic heterocycles. The molecule has 84 valence electrons. The van der Waals surface area contributed by atoms with Gasteiger partial charge >= 0.3 is 0 Å². The van der Waals surface area contributed by atoms with Crippen molar-refractivity contribution in [3.63, 3.8) is 0 Å². The Bertz CT molecular complexity index is 522. The van der Waals surface area contributed by atoms with Crippen LogP contribution in [0.4, 0.5) is 5.69 Å². The molecule has 2 aromatic rings. The number of hydrogen-bond donors (Lipinski definition) is 1. The first-order chi connectivity index (χ1) is 7.72. The van der Waals surface area contributed by atoms with E-state index in [0.29, 0.717) is 0 Å². The quantitative estimate of drug-likeness (QED) is 0.633. The molecule has 2 aromatic heterocycles. The minimum Gasteiger partial charge on any atom is -0.278 e. The van der Waals surface area contributed by atoms with Gasteiger partial charge in [-0.1, -0.05) is 0 Å². The second-order valence-corrected chi connectivity index (χ2v) is 3.73. The van der Waals surface area contributed by atoms with Crippen molar-refractivity contribution < 1.29 is 0 Å². The summed E-state index contributed by atoms with van der Waals surface area (Å²) in [6.45, 7) is 6.75. The highest BCUT2D eigenvalue weighted by atomic mass is 15.3. The summed E-state index contributed by atoms with van der Waals surface area (Å²) >= 11 is 0. The highest BCUT2D eigenvalue weighted by Gasteiger charge is 2.06. The van der Waals surface area contributed by atoms with Crippen LogP contribution in [-0.4, -0.2) is 20.5 Å². The molecule has 0 bridgehead atoms. The first kappa shape index (κ1) is 10.6. The number of anilines is 1. The van der Waals surface area contributed by atoms with E-state index in [2.05, 4.69) is 20.6 Å². The standard InChI is InChI=1S/C11H15N5/c1-4-16-11-9(7-13-16)10(5-6-12-11)15-14-8(2)3/h5-7H,4H2,1-3H3,(H,12,15). The minimum absolute atomic E-state index is 0.816. The maximum atomic E-state index is 4.31. The third-order valence-electron chi connectivity index (χ3n) is 2.24. The van der Waals surface area contributed by atoms with Crippen LogP contribution in [-0.2, 0) is 6.54 Å². The van der Waals surface area contributed by atoms with E-state index in [1.807, 2.05) is 37.7 Å². The van der Waals surface area contributed by atoms with Gasteiger partial charge in [0.25, 0.3) is 0 Å². The van der Waals surface area contributed by atoms with E-state index in [1.54, 1.807) is 6.20 Å². The van der Waals surface area contributed by atoms with Gasteiger partial charge in [-0.15, -0.1) is 0 Å². The Balaban J connectivity index is 2.46. The van der Waals surface area contributed by atoms with Gasteiger partial charge in [0.15, 0.2) is 5.65 Å². The number of aryl methyl sites for hydroxylation is 1. The summed E-state index contributed by atoms with van der Waals surface area (Å²) in [4.78, 5) is 4.31. The molecular formula is C11H15N5. The van der Waals surface area contributed by atoms with Gasteiger partial charge in [-0.05, 0) is 26.8 Å². The van der Waals surface area contributed by atoms with Crippen LogP contribution in [0.15, 0.2) is 23.6 Å². The first-order valence-electron chi connectivity index (χ1n) is 5.29. The van der Waals surface area contributed by atoms with Crippen LogP contribution in [0.1, 0.15) is 20.8 Å². The highest BCUT2D eigenvalue weighted by Crippen LogP contribution is 2.20. The van der Waals surface area contributed by atoms with E-state index in [0.717, 1.165) is 29.0 Å². The molecule has 0 aliphatic carbocycles. The van der Waals surface area contributed by atoms with E-state index in [4.69, 9.17) is 0 Å². The Labute approximate surface area is 94.2 Å². The third kappa shape index (κ3) is 1.88. The molecule has 16 heavy (non-hydrogen) atoms. The number of aromatic nitrogens is 3. The molecule has 0 fully saturated rings. The lowest BCUT2D eigenvalue weighted by molar-refractivity contribution is 0.677. The summed E-state index contributed by atoms with van der Waals surface area (Å²) in [7, 11) is 0. The van der Waals surface area contributed by atoms with Crippen LogP contribution in [0.25, 0.3) is 11.0 Å². The summed E-state index contributed by atoms with van der Waals surface area (Å²) in [6, 6.07) is 1.90. The van der Waals surface area contributed by atoms with Crippen molar-refractivity contribution in [1.82, 2.24) is 14.8 Å². The second-order valence-electron chi connectivity index (χ2n) is 3.73. The number of nitrogens with one attached hydrogen (secondary N) is 1. The van der Waals surface area contributed by atoms with Crippen molar-refractivity contribution in [1.29, 1.82) is 0 Å². The molecule has 1 N–H and O–H groups in total. The number of pyridine rings is 1. The van der Waals surface area contributed by atoms with E-state index >= 15 is 0 Å². The smallest absolute Gasteiger partial charge is 0.159 e. The molecule has 0 aliphatic rings. The van der Waals surface area contributed by atoms with E-state index < -0.39 is 0 Å². The molecule has 0 amide bonds. The molecule has 0 saturated heterocycles. The fraction of sp³-hybridized carbons (Fsp3) is 0.364. The molecule has 5 nitrogen and oxygen atoms in total. The highest BCUT2D eigenvalue weighted by molar-refractivity contribution is 5.89. The van der Waals surface area contributed by atoms with Crippen LogP contribution in [0.2, 0.25) is 0 Å². The van der Waals surface area contributed by atoms with Gasteiger partial charge in [-0.3, -0.25) is 5.43 Å². The van der Waals surface area contributed by atoms with Crippen molar-refractivity contribution >= 4 is 22.4 Å². The zero-order chi connectivity index (χ0) is 11.5. The van der Waals surface area contributed by atoms with Crippen molar-refractivity contribution in [2.24, 2.45) is 5.10 Å². The van der Waals surface area contributed by atoms with Gasteiger partial charge in [0, 0.05) is 18.5 Å². The topological polar surface area (TPSA) is 55.1 Å². The van der Waals surface area contributed by atoms with Gasteiger partial charge in [-0.25, -0.2) is 9.67 Å². The normalized spacial score (nSPS) is 10.4. The van der Waals surface area contributed by atoms with Gasteiger partial charge in [-0.2, -0.15) is 10.2 Å². The van der Waals surface area contributed by atoms with Gasteiger partial charge in [0.1, 0.15) is 0 Å². The Kier molecular flexibility index (Phi) is 2.85. The number of fused-ring (bicyclic) bond motifs is 1. The van der Waals surface area contributed by atoms with Crippen LogP contribution in [0, 0.1) is 0 Å². The molecule has 0 saturated carbocycles. The molecule has 0 unspecified atom stereocenters. The van der Waals surface area contributed by atoms with E-state index in [-0.39, 0.29) is 0 Å². The molecule has 5 heteroatoms. The van der Waals surface area contributed by atoms with Gasteiger partial charge < -0.3 is 0 Å². The number of hydrogen-bond acceptors (Lipinski definition) is 4. The lowest BCUT2D eigenvalue weighted by Gasteiger charge is -2.02. The fourth-order valence-electron chi connectivity index (χ4n) is 1.48. The maximum absolute atomic E-state index is 4.31. The number of rotatable bonds is 3.